The maximum Gasteiger partial charge on any atom is 0.240 e. The Morgan fingerprint density at radius 2 is 2.26 bits per heavy atom. The number of amides is 1. The van der Waals surface area contributed by atoms with Gasteiger partial charge in [0.1, 0.15) is 0 Å². The molecule has 19 heavy (non-hydrogen) atoms. The SMILES string of the molecule is O=C(C1CSCN1)N1CCC(Cn2cccn2)CC1. The number of rotatable bonds is 3. The summed E-state index contributed by atoms with van der Waals surface area (Å²) in [6, 6.07) is 2.01. The van der Waals surface area contributed by atoms with Gasteiger partial charge in [0.25, 0.3) is 0 Å². The first-order chi connectivity index (χ1) is 9.33. The summed E-state index contributed by atoms with van der Waals surface area (Å²) in [4.78, 5) is 14.3. The molecule has 3 heterocycles. The summed E-state index contributed by atoms with van der Waals surface area (Å²) in [7, 11) is 0. The van der Waals surface area contributed by atoms with Crippen molar-refractivity contribution in [2.45, 2.75) is 25.4 Å². The molecule has 0 radical (unpaired) electrons. The molecule has 0 aliphatic carbocycles. The van der Waals surface area contributed by atoms with Gasteiger partial charge < -0.3 is 4.90 Å². The van der Waals surface area contributed by atoms with Gasteiger partial charge in [0, 0.05) is 43.7 Å². The summed E-state index contributed by atoms with van der Waals surface area (Å²) < 4.78 is 2.00. The van der Waals surface area contributed by atoms with E-state index in [2.05, 4.69) is 10.4 Å². The van der Waals surface area contributed by atoms with Crippen LogP contribution >= 0.6 is 11.8 Å². The lowest BCUT2D eigenvalue weighted by atomic mass is 9.96. The number of carbonyl (C=O) groups is 1. The molecule has 1 unspecified atom stereocenters. The van der Waals surface area contributed by atoms with Crippen molar-refractivity contribution in [3.8, 4) is 0 Å². The lowest BCUT2D eigenvalue weighted by Gasteiger charge is -2.33. The monoisotopic (exact) mass is 280 g/mol. The molecule has 2 aliphatic rings. The molecule has 1 amide bonds. The van der Waals surface area contributed by atoms with Gasteiger partial charge in [-0.3, -0.25) is 14.8 Å². The van der Waals surface area contributed by atoms with Gasteiger partial charge in [0.15, 0.2) is 0 Å². The highest BCUT2D eigenvalue weighted by Crippen LogP contribution is 2.21. The average molecular weight is 280 g/mol. The first-order valence-corrected chi connectivity index (χ1v) is 8.06. The Hall–Kier alpha value is -1.01. The standard InChI is InChI=1S/C13H20N4OS/c18-13(12-9-19-10-14-12)16-6-2-11(3-7-16)8-17-5-1-4-15-17/h1,4-5,11-12,14H,2-3,6-10H2. The maximum atomic E-state index is 12.3. The molecule has 5 nitrogen and oxygen atoms in total. The van der Waals surface area contributed by atoms with Gasteiger partial charge in [0.05, 0.1) is 6.04 Å². The molecular weight excluding hydrogens is 260 g/mol. The Morgan fingerprint density at radius 1 is 1.42 bits per heavy atom. The van der Waals surface area contributed by atoms with Crippen LogP contribution in [0.15, 0.2) is 18.5 Å². The highest BCUT2D eigenvalue weighted by Gasteiger charge is 2.30. The first-order valence-electron chi connectivity index (χ1n) is 6.90. The van der Waals surface area contributed by atoms with E-state index in [1.54, 1.807) is 0 Å². The van der Waals surface area contributed by atoms with E-state index in [1.807, 2.05) is 39.8 Å². The van der Waals surface area contributed by atoms with E-state index < -0.39 is 0 Å². The molecule has 104 valence electrons. The van der Waals surface area contributed by atoms with E-state index in [4.69, 9.17) is 0 Å². The van der Waals surface area contributed by atoms with Crippen molar-refractivity contribution in [2.75, 3.05) is 24.7 Å². The smallest absolute Gasteiger partial charge is 0.240 e. The summed E-state index contributed by atoms with van der Waals surface area (Å²) in [6.45, 7) is 2.77. The molecule has 2 fully saturated rings. The number of likely N-dealkylation sites (tertiary alicyclic amines) is 1. The Bertz CT molecular complexity index is 408. The number of nitrogens with zero attached hydrogens (tertiary/aromatic N) is 3. The van der Waals surface area contributed by atoms with E-state index in [9.17, 15) is 4.79 Å². The zero-order valence-corrected chi connectivity index (χ0v) is 11.8. The van der Waals surface area contributed by atoms with Crippen molar-refractivity contribution in [2.24, 2.45) is 5.92 Å². The average Bonchev–Trinajstić information content (AvgIpc) is 3.12. The van der Waals surface area contributed by atoms with Gasteiger partial charge in [-0.05, 0) is 24.8 Å². The number of hydrogen-bond acceptors (Lipinski definition) is 4. The van der Waals surface area contributed by atoms with E-state index in [0.29, 0.717) is 11.8 Å². The van der Waals surface area contributed by atoms with E-state index in [1.165, 1.54) is 0 Å². The number of piperidine rings is 1. The minimum absolute atomic E-state index is 0.0488. The first kappa shape index (κ1) is 13.0. The van der Waals surface area contributed by atoms with Crippen LogP contribution in [0, 0.1) is 5.92 Å². The van der Waals surface area contributed by atoms with Crippen molar-refractivity contribution in [1.82, 2.24) is 20.0 Å². The van der Waals surface area contributed by atoms with E-state index in [-0.39, 0.29) is 6.04 Å². The van der Waals surface area contributed by atoms with Crippen LogP contribution in [0.25, 0.3) is 0 Å². The number of nitrogens with one attached hydrogen (secondary N) is 1. The predicted molar refractivity (Wildman–Crippen MR) is 75.8 cm³/mol. The Balaban J connectivity index is 1.47. The fourth-order valence-electron chi connectivity index (χ4n) is 2.78. The Morgan fingerprint density at radius 3 is 2.89 bits per heavy atom. The minimum atomic E-state index is 0.0488. The van der Waals surface area contributed by atoms with Gasteiger partial charge in [-0.25, -0.2) is 0 Å². The molecule has 1 N–H and O–H groups in total. The van der Waals surface area contributed by atoms with Crippen LogP contribution in [0.5, 0.6) is 0 Å². The highest BCUT2D eigenvalue weighted by molar-refractivity contribution is 7.99. The zero-order chi connectivity index (χ0) is 13.1. The third-order valence-electron chi connectivity index (χ3n) is 3.95. The van der Waals surface area contributed by atoms with Crippen LogP contribution < -0.4 is 5.32 Å². The Labute approximate surface area is 117 Å². The van der Waals surface area contributed by atoms with Gasteiger partial charge >= 0.3 is 0 Å². The molecule has 2 aliphatic heterocycles. The van der Waals surface area contributed by atoms with Crippen LogP contribution in [-0.2, 0) is 11.3 Å². The molecule has 1 aromatic rings. The number of aromatic nitrogens is 2. The molecule has 0 spiro atoms. The topological polar surface area (TPSA) is 50.2 Å². The van der Waals surface area contributed by atoms with Gasteiger partial charge in [-0.15, -0.1) is 11.8 Å². The molecule has 1 atom stereocenters. The predicted octanol–water partition coefficient (Wildman–Crippen LogP) is 0.784. The van der Waals surface area contributed by atoms with Gasteiger partial charge in [0.2, 0.25) is 5.91 Å². The van der Waals surface area contributed by atoms with Crippen molar-refractivity contribution < 1.29 is 4.79 Å². The molecule has 2 saturated heterocycles. The summed E-state index contributed by atoms with van der Waals surface area (Å²) in [6.07, 6.45) is 6.01. The van der Waals surface area contributed by atoms with Crippen molar-refractivity contribution >= 4 is 17.7 Å². The van der Waals surface area contributed by atoms with Crippen LogP contribution in [-0.4, -0.2) is 51.3 Å². The number of hydrogen-bond donors (Lipinski definition) is 1. The summed E-state index contributed by atoms with van der Waals surface area (Å²) in [5.41, 5.74) is 0. The van der Waals surface area contributed by atoms with Crippen LogP contribution in [0.2, 0.25) is 0 Å². The summed E-state index contributed by atoms with van der Waals surface area (Å²) in [5.74, 6) is 2.77. The van der Waals surface area contributed by atoms with E-state index >= 15 is 0 Å². The molecular formula is C13H20N4OS. The quantitative estimate of drug-likeness (QED) is 0.889. The second kappa shape index (κ2) is 5.96. The highest BCUT2D eigenvalue weighted by atomic mass is 32.2. The van der Waals surface area contributed by atoms with Crippen LogP contribution in [0.4, 0.5) is 0 Å². The summed E-state index contributed by atoms with van der Waals surface area (Å²) >= 11 is 1.81. The summed E-state index contributed by atoms with van der Waals surface area (Å²) in [5, 5.41) is 7.51. The van der Waals surface area contributed by atoms with Gasteiger partial charge in [-0.1, -0.05) is 0 Å². The van der Waals surface area contributed by atoms with E-state index in [0.717, 1.165) is 44.1 Å². The fourth-order valence-corrected chi connectivity index (χ4v) is 3.72. The van der Waals surface area contributed by atoms with Gasteiger partial charge in [-0.2, -0.15) is 5.10 Å². The molecule has 0 saturated carbocycles. The maximum absolute atomic E-state index is 12.3. The zero-order valence-electron chi connectivity index (χ0n) is 11.0. The van der Waals surface area contributed by atoms with Crippen LogP contribution in [0.3, 0.4) is 0 Å². The second-order valence-electron chi connectivity index (χ2n) is 5.27. The molecule has 0 aromatic carbocycles. The van der Waals surface area contributed by atoms with Crippen molar-refractivity contribution in [1.29, 1.82) is 0 Å². The molecule has 1 aromatic heterocycles. The molecule has 3 rings (SSSR count). The lowest BCUT2D eigenvalue weighted by molar-refractivity contribution is -0.134. The van der Waals surface area contributed by atoms with Crippen molar-refractivity contribution in [3.63, 3.8) is 0 Å². The van der Waals surface area contributed by atoms with Crippen LogP contribution in [0.1, 0.15) is 12.8 Å². The number of thioether (sulfide) groups is 1. The molecule has 6 heteroatoms. The normalized spacial score (nSPS) is 24.8. The third kappa shape index (κ3) is 3.12. The minimum Gasteiger partial charge on any atom is -0.341 e. The fraction of sp³-hybridized carbons (Fsp3) is 0.692. The molecule has 0 bridgehead atoms. The second-order valence-corrected chi connectivity index (χ2v) is 6.30. The number of carbonyl (C=O) groups excluding carboxylic acids is 1. The van der Waals surface area contributed by atoms with Crippen molar-refractivity contribution in [3.05, 3.63) is 18.5 Å². The largest absolute Gasteiger partial charge is 0.341 e. The Kier molecular flexibility index (Phi) is 4.08. The third-order valence-corrected chi connectivity index (χ3v) is 4.88. The lowest BCUT2D eigenvalue weighted by Crippen LogP contribution is -2.48.